The fourth-order valence-corrected chi connectivity index (χ4v) is 10.9. The maximum Gasteiger partial charge on any atom is 0.220 e. The lowest BCUT2D eigenvalue weighted by Crippen LogP contribution is -2.60. The first-order valence-electron chi connectivity index (χ1n) is 34.6. The summed E-state index contributed by atoms with van der Waals surface area (Å²) in [7, 11) is 0. The zero-order chi connectivity index (χ0) is 58.6. The molecular formula is C72H131NO8. The molecule has 6 N–H and O–H groups in total. The van der Waals surface area contributed by atoms with Gasteiger partial charge in [-0.05, 0) is 64.2 Å². The van der Waals surface area contributed by atoms with Gasteiger partial charge in [-0.1, -0.05) is 324 Å². The van der Waals surface area contributed by atoms with Crippen molar-refractivity contribution in [1.29, 1.82) is 0 Å². The molecule has 0 aliphatic carbocycles. The second kappa shape index (κ2) is 60.7. The van der Waals surface area contributed by atoms with Gasteiger partial charge in [0, 0.05) is 6.42 Å². The van der Waals surface area contributed by atoms with Crippen molar-refractivity contribution >= 4 is 5.91 Å². The first kappa shape index (κ1) is 76.6. The number of aliphatic hydroxyl groups is 5. The second-order valence-electron chi connectivity index (χ2n) is 23.9. The number of amides is 1. The van der Waals surface area contributed by atoms with E-state index in [1.807, 2.05) is 0 Å². The molecule has 0 spiro atoms. The van der Waals surface area contributed by atoms with Crippen molar-refractivity contribution in [3.8, 4) is 0 Å². The molecule has 0 aromatic heterocycles. The summed E-state index contributed by atoms with van der Waals surface area (Å²) in [4.78, 5) is 13.1. The van der Waals surface area contributed by atoms with Crippen molar-refractivity contribution in [2.75, 3.05) is 13.2 Å². The Bertz CT molecular complexity index is 1510. The lowest BCUT2D eigenvalue weighted by Gasteiger charge is -2.40. The van der Waals surface area contributed by atoms with E-state index in [9.17, 15) is 30.3 Å². The Kier molecular flexibility index (Phi) is 57.5. The Morgan fingerprint density at radius 2 is 0.765 bits per heavy atom. The molecule has 1 aliphatic heterocycles. The molecule has 0 radical (unpaired) electrons. The number of aliphatic hydroxyl groups excluding tert-OH is 5. The first-order valence-corrected chi connectivity index (χ1v) is 34.6. The van der Waals surface area contributed by atoms with Crippen LogP contribution in [0.4, 0.5) is 0 Å². The molecule has 81 heavy (non-hydrogen) atoms. The van der Waals surface area contributed by atoms with Gasteiger partial charge in [-0.25, -0.2) is 0 Å². The van der Waals surface area contributed by atoms with Crippen LogP contribution < -0.4 is 5.32 Å². The highest BCUT2D eigenvalue weighted by atomic mass is 16.7. The summed E-state index contributed by atoms with van der Waals surface area (Å²) in [6, 6.07) is -0.728. The molecule has 1 fully saturated rings. The maximum atomic E-state index is 13.1. The molecule has 1 heterocycles. The zero-order valence-electron chi connectivity index (χ0n) is 52.8. The molecule has 7 atom stereocenters. The van der Waals surface area contributed by atoms with Crippen LogP contribution in [0.2, 0.25) is 0 Å². The highest BCUT2D eigenvalue weighted by molar-refractivity contribution is 5.76. The zero-order valence-corrected chi connectivity index (χ0v) is 52.8. The molecule has 0 bridgehead atoms. The summed E-state index contributed by atoms with van der Waals surface area (Å²) in [6.45, 7) is 3.76. The Morgan fingerprint density at radius 3 is 1.14 bits per heavy atom. The molecule has 9 nitrogen and oxygen atoms in total. The minimum Gasteiger partial charge on any atom is -0.394 e. The van der Waals surface area contributed by atoms with E-state index < -0.39 is 49.5 Å². The third-order valence-electron chi connectivity index (χ3n) is 16.3. The van der Waals surface area contributed by atoms with Crippen molar-refractivity contribution < 1.29 is 39.8 Å². The number of hydrogen-bond acceptors (Lipinski definition) is 8. The van der Waals surface area contributed by atoms with Crippen molar-refractivity contribution in [3.63, 3.8) is 0 Å². The van der Waals surface area contributed by atoms with Gasteiger partial charge < -0.3 is 40.3 Å². The molecule has 0 aromatic carbocycles. The summed E-state index contributed by atoms with van der Waals surface area (Å²) >= 11 is 0. The van der Waals surface area contributed by atoms with Gasteiger partial charge in [0.25, 0.3) is 0 Å². The molecule has 0 saturated carbocycles. The van der Waals surface area contributed by atoms with E-state index in [4.69, 9.17) is 9.47 Å². The molecular weight excluding hydrogens is 1010 g/mol. The fraction of sp³-hybridized carbons (Fsp3) is 0.819. The van der Waals surface area contributed by atoms with E-state index >= 15 is 0 Å². The highest BCUT2D eigenvalue weighted by Crippen LogP contribution is 2.24. The molecule has 7 unspecified atom stereocenters. The topological polar surface area (TPSA) is 149 Å². The molecule has 1 saturated heterocycles. The van der Waals surface area contributed by atoms with Gasteiger partial charge in [0.2, 0.25) is 5.91 Å². The average Bonchev–Trinajstić information content (AvgIpc) is 3.51. The lowest BCUT2D eigenvalue weighted by molar-refractivity contribution is -0.302. The number of unbranched alkanes of at least 4 members (excludes halogenated alkanes) is 38. The normalized spacial score (nSPS) is 18.8. The van der Waals surface area contributed by atoms with Gasteiger partial charge in [0.15, 0.2) is 6.29 Å². The van der Waals surface area contributed by atoms with E-state index in [1.54, 1.807) is 0 Å². The van der Waals surface area contributed by atoms with Gasteiger partial charge in [0.05, 0.1) is 25.4 Å². The van der Waals surface area contributed by atoms with E-state index in [2.05, 4.69) is 92.1 Å². The predicted octanol–water partition coefficient (Wildman–Crippen LogP) is 18.8. The van der Waals surface area contributed by atoms with Crippen LogP contribution in [-0.2, 0) is 14.3 Å². The van der Waals surface area contributed by atoms with Gasteiger partial charge in [-0.3, -0.25) is 4.79 Å². The smallest absolute Gasteiger partial charge is 0.220 e. The molecule has 472 valence electrons. The molecule has 9 heteroatoms. The van der Waals surface area contributed by atoms with Crippen molar-refractivity contribution in [2.24, 2.45) is 0 Å². The van der Waals surface area contributed by atoms with Crippen LogP contribution in [0.5, 0.6) is 0 Å². The van der Waals surface area contributed by atoms with Crippen LogP contribution in [0.3, 0.4) is 0 Å². The first-order chi connectivity index (χ1) is 39.8. The molecule has 0 aromatic rings. The van der Waals surface area contributed by atoms with Crippen LogP contribution in [0, 0.1) is 0 Å². The number of carbonyl (C=O) groups excluding carboxylic acids is 1. The van der Waals surface area contributed by atoms with E-state index in [-0.39, 0.29) is 12.5 Å². The standard InChI is InChI=1S/C72H131NO8/c1-3-5-7-9-11-13-15-17-19-21-23-25-27-29-31-33-35-37-39-41-43-45-47-49-51-53-55-57-59-61-66(75)65(64-80-72-71(79)70(78)69(77)67(63-74)81-72)73-68(76)62-60-58-56-54-52-50-48-46-44-42-40-38-36-34-32-30-28-26-24-22-20-18-16-14-12-10-8-6-4-2/h6,8,12,14,18,20,24,26,30,32,36,38,65-67,69-72,74-75,77-79H,3-5,7,9-11,13,15-17,19,21-23,25,27-29,31,33-35,37,39-64H2,1-2H3,(H,73,76)/b8-6-,14-12-,20-18-,26-24-,32-30-,38-36-. The molecule has 1 amide bonds. The minimum atomic E-state index is -1.56. The van der Waals surface area contributed by atoms with Crippen molar-refractivity contribution in [3.05, 3.63) is 72.9 Å². The monoisotopic (exact) mass is 1140 g/mol. The summed E-state index contributed by atoms with van der Waals surface area (Å²) in [5, 5.41) is 54.9. The highest BCUT2D eigenvalue weighted by Gasteiger charge is 2.44. The lowest BCUT2D eigenvalue weighted by atomic mass is 9.99. The van der Waals surface area contributed by atoms with Gasteiger partial charge in [0.1, 0.15) is 24.4 Å². The van der Waals surface area contributed by atoms with Gasteiger partial charge in [-0.2, -0.15) is 0 Å². The summed E-state index contributed by atoms with van der Waals surface area (Å²) in [5.41, 5.74) is 0. The Morgan fingerprint density at radius 1 is 0.432 bits per heavy atom. The van der Waals surface area contributed by atoms with E-state index in [0.29, 0.717) is 12.8 Å². The number of rotatable bonds is 60. The SMILES string of the molecule is CC/C=C\C/C=C\C/C=C\C/C=C\C/C=C\C/C=C\CCCCCCCCCCCCC(=O)NC(COC1OC(CO)C(O)C(O)C1O)C(O)CCCCCCCCCCCCCCCCCCCCCCCCCCCCCCC. The summed E-state index contributed by atoms with van der Waals surface area (Å²) < 4.78 is 11.4. The number of hydrogen-bond donors (Lipinski definition) is 6. The number of allylic oxidation sites excluding steroid dienone is 12. The summed E-state index contributed by atoms with van der Waals surface area (Å²) in [5.74, 6) is -0.147. The Labute approximate surface area is 499 Å². The van der Waals surface area contributed by atoms with Gasteiger partial charge in [-0.15, -0.1) is 0 Å². The third-order valence-corrected chi connectivity index (χ3v) is 16.3. The van der Waals surface area contributed by atoms with Crippen LogP contribution in [-0.4, -0.2) is 87.5 Å². The number of carbonyl (C=O) groups is 1. The average molecular weight is 1140 g/mol. The van der Waals surface area contributed by atoms with Crippen molar-refractivity contribution in [2.45, 2.75) is 365 Å². The quantitative estimate of drug-likeness (QED) is 0.0261. The summed E-state index contributed by atoms with van der Waals surface area (Å²) in [6.07, 6.45) is 78.2. The van der Waals surface area contributed by atoms with E-state index in [1.165, 1.54) is 212 Å². The van der Waals surface area contributed by atoms with Gasteiger partial charge >= 0.3 is 0 Å². The van der Waals surface area contributed by atoms with Crippen LogP contribution >= 0.6 is 0 Å². The largest absolute Gasteiger partial charge is 0.394 e. The maximum absolute atomic E-state index is 13.1. The fourth-order valence-electron chi connectivity index (χ4n) is 10.9. The Hall–Kier alpha value is -2.37. The number of ether oxygens (including phenoxy) is 2. The van der Waals surface area contributed by atoms with E-state index in [0.717, 1.165) is 83.5 Å². The predicted molar refractivity (Wildman–Crippen MR) is 345 cm³/mol. The second-order valence-corrected chi connectivity index (χ2v) is 23.9. The minimum absolute atomic E-state index is 0.141. The number of nitrogens with one attached hydrogen (secondary N) is 1. The van der Waals surface area contributed by atoms with Crippen LogP contribution in [0.1, 0.15) is 322 Å². The Balaban J connectivity index is 2.14. The molecule has 1 aliphatic rings. The third kappa shape index (κ3) is 49.6. The van der Waals surface area contributed by atoms with Crippen LogP contribution in [0.25, 0.3) is 0 Å². The van der Waals surface area contributed by atoms with Crippen LogP contribution in [0.15, 0.2) is 72.9 Å². The van der Waals surface area contributed by atoms with Crippen molar-refractivity contribution in [1.82, 2.24) is 5.32 Å². The molecule has 1 rings (SSSR count).